The third-order valence-electron chi connectivity index (χ3n) is 13.6. The van der Waals surface area contributed by atoms with Crippen LogP contribution in [0, 0.1) is 25.2 Å². The maximum atomic E-state index is 12.5. The van der Waals surface area contributed by atoms with Gasteiger partial charge in [-0.25, -0.2) is 0 Å². The zero-order chi connectivity index (χ0) is 45.2. The molecule has 68 heavy (non-hydrogen) atoms. The molecule has 5 aromatic carbocycles. The molecule has 0 N–H and O–H groups in total. The maximum Gasteiger partial charge on any atom is 0.104 e. The van der Waals surface area contributed by atoms with Crippen LogP contribution in [0.3, 0.4) is 0 Å². The molecule has 9 aromatic heterocycles. The number of hydrogen-bond donors (Lipinski definition) is 0. The van der Waals surface area contributed by atoms with Crippen molar-refractivity contribution in [3.8, 4) is 39.9 Å². The van der Waals surface area contributed by atoms with E-state index in [0.717, 1.165) is 122 Å². The minimum absolute atomic E-state index is 0.449. The highest BCUT2D eigenvalue weighted by Gasteiger charge is 2.35. The summed E-state index contributed by atoms with van der Waals surface area (Å²) in [6.45, 7) is 4.09. The molecular weight excluding hydrogens is 837 g/mol. The minimum atomic E-state index is 0.449. The Balaban J connectivity index is 1.38. The summed E-state index contributed by atoms with van der Waals surface area (Å²) < 4.78 is 9.21. The monoisotopic (exact) mass is 872 g/mol. The molecule has 14 aromatic rings. The van der Waals surface area contributed by atoms with Crippen molar-refractivity contribution in [3.63, 3.8) is 0 Å². The van der Waals surface area contributed by atoms with Crippen molar-refractivity contribution in [1.29, 1.82) is 5.26 Å². The van der Waals surface area contributed by atoms with Gasteiger partial charge in [0.1, 0.15) is 11.6 Å². The van der Waals surface area contributed by atoms with E-state index in [0.29, 0.717) is 16.9 Å². The van der Waals surface area contributed by atoms with Crippen LogP contribution in [-0.2, 0) is 0 Å². The van der Waals surface area contributed by atoms with E-state index in [1.165, 1.54) is 0 Å². The topological polar surface area (TPSA) is 108 Å². The molecule has 9 heterocycles. The van der Waals surface area contributed by atoms with Crippen LogP contribution >= 0.6 is 0 Å². The molecular formula is C58H36N10. The third kappa shape index (κ3) is 5.07. The van der Waals surface area contributed by atoms with Gasteiger partial charge in [-0.3, -0.25) is 24.9 Å². The van der Waals surface area contributed by atoms with Crippen molar-refractivity contribution in [2.75, 3.05) is 0 Å². The normalized spacial score (nSPS) is 12.0. The predicted molar refractivity (Wildman–Crippen MR) is 272 cm³/mol. The number of benzene rings is 5. The summed E-state index contributed by atoms with van der Waals surface area (Å²) in [5.41, 5.74) is 17.4. The summed E-state index contributed by atoms with van der Waals surface area (Å²) in [5.74, 6) is 0. The van der Waals surface area contributed by atoms with Crippen LogP contribution in [0.4, 0.5) is 0 Å². The molecule has 10 heteroatoms. The summed E-state index contributed by atoms with van der Waals surface area (Å²) in [4.78, 5) is 25.4. The lowest BCUT2D eigenvalue weighted by atomic mass is 9.92. The average molecular weight is 873 g/mol. The second-order valence-corrected chi connectivity index (χ2v) is 17.2. The zero-order valence-electron chi connectivity index (χ0n) is 36.8. The Morgan fingerprint density at radius 1 is 0.368 bits per heavy atom. The van der Waals surface area contributed by atoms with Crippen molar-refractivity contribution in [1.82, 2.24) is 43.2 Å². The first-order valence-corrected chi connectivity index (χ1v) is 22.6. The number of rotatable bonds is 5. The molecule has 0 aliphatic rings. The molecule has 0 amide bonds. The van der Waals surface area contributed by atoms with Gasteiger partial charge in [0.15, 0.2) is 0 Å². The number of aryl methyl sites for hydroxylation is 2. The van der Waals surface area contributed by atoms with Gasteiger partial charge in [0, 0.05) is 68.8 Å². The number of hydrogen-bond acceptors (Lipinski definition) is 6. The van der Waals surface area contributed by atoms with Gasteiger partial charge in [0.05, 0.1) is 88.9 Å². The Labute approximate surface area is 387 Å². The standard InChI is InChI=1S/C58H36N10/c1-34-27-28-36(35(2)64-34)50-55(65-42-19-7-3-15-37(42)51-46(65)23-11-29-60-51)41(33-59)56(66-43-20-8-4-16-38(43)52-47(66)24-12-30-61-52)58(68-45-22-10-6-18-40(45)54-49(68)26-14-32-63-54)57(50)67-44-21-9-5-17-39(44)53-48(67)25-13-31-62-53/h3-32H,1-2H3. The number of fused-ring (bicyclic) bond motifs is 12. The fraction of sp³-hybridized carbons (Fsp3) is 0.0345. The molecule has 0 unspecified atom stereocenters. The molecule has 0 radical (unpaired) electrons. The van der Waals surface area contributed by atoms with Crippen LogP contribution < -0.4 is 0 Å². The molecule has 14 rings (SSSR count). The predicted octanol–water partition coefficient (Wildman–Crippen LogP) is 13.2. The molecule has 0 aliphatic carbocycles. The van der Waals surface area contributed by atoms with E-state index in [-0.39, 0.29) is 0 Å². The first kappa shape index (κ1) is 37.9. The first-order valence-electron chi connectivity index (χ1n) is 22.6. The highest BCUT2D eigenvalue weighted by molar-refractivity contribution is 6.15. The molecule has 0 bridgehead atoms. The molecule has 0 saturated heterocycles. The van der Waals surface area contributed by atoms with Gasteiger partial charge >= 0.3 is 0 Å². The van der Waals surface area contributed by atoms with Crippen LogP contribution in [0.15, 0.2) is 183 Å². The van der Waals surface area contributed by atoms with Crippen molar-refractivity contribution < 1.29 is 0 Å². The van der Waals surface area contributed by atoms with Crippen molar-refractivity contribution in [2.24, 2.45) is 0 Å². The summed E-state index contributed by atoms with van der Waals surface area (Å²) >= 11 is 0. The maximum absolute atomic E-state index is 12.5. The second kappa shape index (κ2) is 14.3. The summed E-state index contributed by atoms with van der Waals surface area (Å²) in [5, 5.41) is 16.4. The summed E-state index contributed by atoms with van der Waals surface area (Å²) in [6.07, 6.45) is 7.39. The summed E-state index contributed by atoms with van der Waals surface area (Å²) in [7, 11) is 0. The molecule has 0 aliphatic heterocycles. The largest absolute Gasteiger partial charge is 0.305 e. The van der Waals surface area contributed by atoms with Gasteiger partial charge in [-0.1, -0.05) is 78.9 Å². The number of pyridine rings is 5. The average Bonchev–Trinajstić information content (AvgIpc) is 4.11. The second-order valence-electron chi connectivity index (χ2n) is 17.2. The van der Waals surface area contributed by atoms with Gasteiger partial charge in [0.2, 0.25) is 0 Å². The van der Waals surface area contributed by atoms with Gasteiger partial charge in [-0.2, -0.15) is 5.26 Å². The van der Waals surface area contributed by atoms with Gasteiger partial charge in [-0.15, -0.1) is 0 Å². The lowest BCUT2D eigenvalue weighted by molar-refractivity contribution is 1.02. The number of nitriles is 1. The van der Waals surface area contributed by atoms with Crippen molar-refractivity contribution in [2.45, 2.75) is 13.8 Å². The highest BCUT2D eigenvalue weighted by atomic mass is 15.1. The Kier molecular flexibility index (Phi) is 7.95. The minimum Gasteiger partial charge on any atom is -0.305 e. The number of aromatic nitrogens is 9. The van der Waals surface area contributed by atoms with E-state index in [9.17, 15) is 5.26 Å². The van der Waals surface area contributed by atoms with Gasteiger partial charge in [0.25, 0.3) is 0 Å². The Morgan fingerprint density at radius 2 is 0.721 bits per heavy atom. The quantitative estimate of drug-likeness (QED) is 0.170. The smallest absolute Gasteiger partial charge is 0.104 e. The zero-order valence-corrected chi connectivity index (χ0v) is 36.8. The fourth-order valence-electron chi connectivity index (χ4n) is 11.0. The van der Waals surface area contributed by atoms with E-state index in [1.807, 2.05) is 62.0 Å². The molecule has 10 nitrogen and oxygen atoms in total. The first-order chi connectivity index (χ1) is 33.6. The SMILES string of the molecule is Cc1ccc(-c2c(-n3c4ccccc4c4ncccc43)c(C#N)c(-n3c4ccccc4c4ncccc43)c(-n3c4ccccc4c4ncccc43)c2-n2c3ccccc3c3ncccc32)c(C)n1. The van der Waals surface area contributed by atoms with E-state index < -0.39 is 0 Å². The van der Waals surface area contributed by atoms with Gasteiger partial charge < -0.3 is 18.3 Å². The van der Waals surface area contributed by atoms with Crippen LogP contribution in [0.5, 0.6) is 0 Å². The summed E-state index contributed by atoms with van der Waals surface area (Å²) in [6, 6.07) is 57.2. The number of para-hydroxylation sites is 4. The Morgan fingerprint density at radius 3 is 1.12 bits per heavy atom. The lowest BCUT2D eigenvalue weighted by Crippen LogP contribution is -2.17. The fourth-order valence-corrected chi connectivity index (χ4v) is 11.0. The van der Waals surface area contributed by atoms with Gasteiger partial charge in [-0.05, 0) is 92.7 Å². The van der Waals surface area contributed by atoms with Crippen molar-refractivity contribution >= 4 is 87.7 Å². The Bertz CT molecular complexity index is 4290. The van der Waals surface area contributed by atoms with Crippen molar-refractivity contribution in [3.05, 3.63) is 199 Å². The van der Waals surface area contributed by atoms with E-state index in [4.69, 9.17) is 24.9 Å². The number of nitrogens with zero attached hydrogens (tertiary/aromatic N) is 10. The molecule has 0 spiro atoms. The molecule has 0 fully saturated rings. The molecule has 0 atom stereocenters. The molecule has 318 valence electrons. The van der Waals surface area contributed by atoms with Crippen LogP contribution in [0.2, 0.25) is 0 Å². The molecule has 0 saturated carbocycles. The van der Waals surface area contributed by atoms with E-state index >= 15 is 0 Å². The highest BCUT2D eigenvalue weighted by Crippen LogP contribution is 2.51. The van der Waals surface area contributed by atoms with Crippen LogP contribution in [0.25, 0.3) is 122 Å². The van der Waals surface area contributed by atoms with Crippen LogP contribution in [0.1, 0.15) is 17.0 Å². The van der Waals surface area contributed by atoms with E-state index in [1.54, 1.807) is 0 Å². The lowest BCUT2D eigenvalue weighted by Gasteiger charge is -2.29. The van der Waals surface area contributed by atoms with Crippen LogP contribution in [-0.4, -0.2) is 43.2 Å². The van der Waals surface area contributed by atoms with E-state index in [2.05, 4.69) is 159 Å². The third-order valence-corrected chi connectivity index (χ3v) is 13.6. The Hall–Kier alpha value is -9.46.